The maximum absolute atomic E-state index is 13.0. The van der Waals surface area contributed by atoms with Crippen molar-refractivity contribution in [3.8, 4) is 0 Å². The molecule has 0 aliphatic rings. The number of carbonyl (C=O) groups excluding carboxylic acids is 1. The number of pyridine rings is 1. The minimum absolute atomic E-state index is 0.143. The predicted molar refractivity (Wildman–Crippen MR) is 141 cm³/mol. The number of aryl methyl sites for hydroxylation is 2. The molecule has 2 bridgehead atoms. The van der Waals surface area contributed by atoms with Crippen LogP contribution in [0.5, 0.6) is 0 Å². The zero-order valence-corrected chi connectivity index (χ0v) is 20.8. The van der Waals surface area contributed by atoms with Crippen LogP contribution < -0.4 is 11.1 Å². The molecule has 174 valence electrons. The summed E-state index contributed by atoms with van der Waals surface area (Å²) in [5.74, 6) is 0.342. The molecule has 8 heteroatoms. The van der Waals surface area contributed by atoms with Crippen LogP contribution in [0.1, 0.15) is 32.7 Å². The Balaban J connectivity index is 1.31. The highest BCUT2D eigenvalue weighted by Gasteiger charge is 2.19. The fourth-order valence-electron chi connectivity index (χ4n) is 4.80. The van der Waals surface area contributed by atoms with Gasteiger partial charge in [0.25, 0.3) is 5.91 Å². The van der Waals surface area contributed by atoms with Crippen molar-refractivity contribution in [2.24, 2.45) is 0 Å². The Bertz CT molecular complexity index is 1730. The monoisotopic (exact) mass is 527 g/mol. The second-order valence-corrected chi connectivity index (χ2v) is 9.78. The highest BCUT2D eigenvalue weighted by Crippen LogP contribution is 2.41. The van der Waals surface area contributed by atoms with E-state index in [4.69, 9.17) is 10.2 Å². The smallest absolute Gasteiger partial charge is 0.251 e. The van der Waals surface area contributed by atoms with Crippen molar-refractivity contribution < 1.29 is 9.21 Å². The van der Waals surface area contributed by atoms with Crippen molar-refractivity contribution in [1.82, 2.24) is 20.1 Å². The molecule has 1 amide bonds. The SMILES string of the molecule is Cc1cc(N)nc(C)c1CNC(=O)c1ccc2c(c1)c1oc2c2ccc(Cn3cc(Br)cn3)cc21. The van der Waals surface area contributed by atoms with Gasteiger partial charge in [-0.05, 0) is 76.8 Å². The molecular weight excluding hydrogens is 506 g/mol. The van der Waals surface area contributed by atoms with E-state index in [2.05, 4.69) is 49.5 Å². The largest absolute Gasteiger partial charge is 0.455 e. The van der Waals surface area contributed by atoms with Gasteiger partial charge in [-0.3, -0.25) is 9.48 Å². The topological polar surface area (TPSA) is 99.0 Å². The van der Waals surface area contributed by atoms with Gasteiger partial charge in [0, 0.05) is 45.5 Å². The third-order valence-electron chi connectivity index (χ3n) is 6.49. The summed E-state index contributed by atoms with van der Waals surface area (Å²) in [6.07, 6.45) is 3.72. The van der Waals surface area contributed by atoms with E-state index in [9.17, 15) is 4.79 Å². The Kier molecular flexibility index (Phi) is 5.00. The first kappa shape index (κ1) is 21.6. The van der Waals surface area contributed by atoms with E-state index in [1.165, 1.54) is 0 Å². The number of hydrogen-bond donors (Lipinski definition) is 2. The van der Waals surface area contributed by atoms with Gasteiger partial charge in [0.15, 0.2) is 0 Å². The van der Waals surface area contributed by atoms with Crippen LogP contribution in [0, 0.1) is 13.8 Å². The highest BCUT2D eigenvalue weighted by molar-refractivity contribution is 9.10. The Hall–Kier alpha value is -3.91. The first-order valence-electron chi connectivity index (χ1n) is 11.3. The number of hydrogen-bond acceptors (Lipinski definition) is 5. The maximum Gasteiger partial charge on any atom is 0.251 e. The number of carbonyl (C=O) groups is 1. The van der Waals surface area contributed by atoms with Crippen LogP contribution in [0.3, 0.4) is 0 Å². The average Bonchev–Trinajstić information content (AvgIpc) is 3.51. The number of anilines is 1. The van der Waals surface area contributed by atoms with Crippen molar-refractivity contribution in [2.75, 3.05) is 5.73 Å². The van der Waals surface area contributed by atoms with E-state index in [-0.39, 0.29) is 5.91 Å². The normalized spacial score (nSPS) is 11.7. The molecule has 4 aromatic heterocycles. The molecule has 7 nitrogen and oxygen atoms in total. The van der Waals surface area contributed by atoms with E-state index >= 15 is 0 Å². The van der Waals surface area contributed by atoms with Gasteiger partial charge in [0.05, 0.1) is 17.2 Å². The van der Waals surface area contributed by atoms with E-state index in [1.807, 2.05) is 49.0 Å². The number of nitrogens with one attached hydrogen (secondary N) is 1. The molecule has 0 aliphatic carbocycles. The number of nitrogens with zero attached hydrogens (tertiary/aromatic N) is 3. The van der Waals surface area contributed by atoms with E-state index in [0.29, 0.717) is 24.5 Å². The van der Waals surface area contributed by atoms with E-state index < -0.39 is 0 Å². The number of nitrogen functional groups attached to an aromatic ring is 1. The number of benzene rings is 3. The third kappa shape index (κ3) is 3.70. The number of furan rings is 2. The summed E-state index contributed by atoms with van der Waals surface area (Å²) < 4.78 is 9.01. The average molecular weight is 528 g/mol. The summed E-state index contributed by atoms with van der Waals surface area (Å²) in [4.78, 5) is 17.3. The molecule has 0 radical (unpaired) electrons. The second kappa shape index (κ2) is 8.09. The molecule has 0 saturated carbocycles. The molecule has 0 unspecified atom stereocenters. The molecule has 35 heavy (non-hydrogen) atoms. The Morgan fingerprint density at radius 2 is 1.80 bits per heavy atom. The summed E-state index contributed by atoms with van der Waals surface area (Å²) in [6.45, 7) is 4.93. The van der Waals surface area contributed by atoms with Gasteiger partial charge in [-0.25, -0.2) is 4.98 Å². The summed E-state index contributed by atoms with van der Waals surface area (Å²) in [5, 5.41) is 11.5. The lowest BCUT2D eigenvalue weighted by Crippen LogP contribution is -2.24. The molecule has 0 spiro atoms. The first-order valence-corrected chi connectivity index (χ1v) is 12.1. The summed E-state index contributed by atoms with van der Waals surface area (Å²) in [5.41, 5.74) is 12.0. The first-order chi connectivity index (χ1) is 16.9. The maximum atomic E-state index is 13.0. The highest BCUT2D eigenvalue weighted by atomic mass is 79.9. The Labute approximate surface area is 209 Å². The van der Waals surface area contributed by atoms with Crippen molar-refractivity contribution in [3.05, 3.63) is 87.3 Å². The lowest BCUT2D eigenvalue weighted by atomic mass is 10.00. The zero-order chi connectivity index (χ0) is 24.3. The van der Waals surface area contributed by atoms with Crippen LogP contribution >= 0.6 is 15.9 Å². The third-order valence-corrected chi connectivity index (χ3v) is 6.90. The summed E-state index contributed by atoms with van der Waals surface area (Å²) >= 11 is 3.44. The number of nitrogens with two attached hydrogens (primary N) is 1. The molecule has 4 heterocycles. The molecule has 0 fully saturated rings. The number of halogens is 1. The number of rotatable bonds is 5. The minimum atomic E-state index is -0.143. The Morgan fingerprint density at radius 1 is 1.06 bits per heavy atom. The van der Waals surface area contributed by atoms with Gasteiger partial charge in [-0.2, -0.15) is 5.10 Å². The van der Waals surface area contributed by atoms with Crippen molar-refractivity contribution >= 4 is 60.4 Å². The van der Waals surface area contributed by atoms with Crippen LogP contribution in [-0.2, 0) is 13.1 Å². The van der Waals surface area contributed by atoms with Crippen molar-refractivity contribution in [3.63, 3.8) is 0 Å². The molecule has 6 rings (SSSR count). The van der Waals surface area contributed by atoms with Crippen LogP contribution in [0.15, 0.2) is 63.7 Å². The van der Waals surface area contributed by atoms with Gasteiger partial charge in [-0.1, -0.05) is 12.1 Å². The van der Waals surface area contributed by atoms with Gasteiger partial charge in [0.2, 0.25) is 0 Å². The van der Waals surface area contributed by atoms with Crippen LogP contribution in [-0.4, -0.2) is 20.7 Å². The second-order valence-electron chi connectivity index (χ2n) is 8.87. The van der Waals surface area contributed by atoms with Gasteiger partial charge in [0.1, 0.15) is 17.0 Å². The van der Waals surface area contributed by atoms with Crippen LogP contribution in [0.4, 0.5) is 5.82 Å². The predicted octanol–water partition coefficient (Wildman–Crippen LogP) is 5.71. The molecule has 3 N–H and O–H groups in total. The van der Waals surface area contributed by atoms with Crippen molar-refractivity contribution in [2.45, 2.75) is 26.9 Å². The lowest BCUT2D eigenvalue weighted by Gasteiger charge is -2.11. The number of fused-ring (bicyclic) bond motifs is 8. The minimum Gasteiger partial charge on any atom is -0.455 e. The molecule has 0 aliphatic heterocycles. The fourth-order valence-corrected chi connectivity index (χ4v) is 5.12. The van der Waals surface area contributed by atoms with Crippen molar-refractivity contribution in [1.29, 1.82) is 0 Å². The fraction of sp³-hybridized carbons (Fsp3) is 0.148. The standard InChI is InChI=1S/C27H22BrN5O2/c1-14-7-24(29)32-15(2)23(14)11-30-27(34)17-4-6-20-22(9-17)26-21-8-16(3-5-19(21)25(20)35-26)12-33-13-18(28)10-31-33/h3-10,13H,11-12H2,1-2H3,(H2,29,32)(H,30,34). The quantitative estimate of drug-likeness (QED) is 0.280. The van der Waals surface area contributed by atoms with Gasteiger partial charge < -0.3 is 15.5 Å². The molecule has 2 aromatic carbocycles. The molecular formula is C27H22BrN5O2. The lowest BCUT2D eigenvalue weighted by molar-refractivity contribution is 0.0951. The molecule has 0 atom stereocenters. The van der Waals surface area contributed by atoms with Crippen LogP contribution in [0.25, 0.3) is 32.7 Å². The van der Waals surface area contributed by atoms with Gasteiger partial charge in [-0.15, -0.1) is 0 Å². The molecule has 6 aromatic rings. The van der Waals surface area contributed by atoms with Crippen LogP contribution in [0.2, 0.25) is 0 Å². The molecule has 0 saturated heterocycles. The van der Waals surface area contributed by atoms with E-state index in [0.717, 1.165) is 59.6 Å². The Morgan fingerprint density at radius 3 is 2.54 bits per heavy atom. The summed E-state index contributed by atoms with van der Waals surface area (Å²) in [7, 11) is 0. The number of aromatic nitrogens is 3. The number of amides is 1. The summed E-state index contributed by atoms with van der Waals surface area (Å²) in [6, 6.07) is 13.9. The van der Waals surface area contributed by atoms with Gasteiger partial charge >= 0.3 is 0 Å². The van der Waals surface area contributed by atoms with E-state index in [1.54, 1.807) is 6.20 Å². The zero-order valence-electron chi connectivity index (χ0n) is 19.2.